The highest BCUT2D eigenvalue weighted by Gasteiger charge is 2.56. The SMILES string of the molecule is CCn1cc(/C=C2\C[C@H]3[C@@H]4CCc5cc(OC)ccc5[C@@H]4CC[C@]3(C)C2=O)c(C)n1. The number of ether oxygens (including phenoxy) is 1. The Kier molecular flexibility index (Phi) is 4.64. The lowest BCUT2D eigenvalue weighted by molar-refractivity contribution is -0.127. The first-order chi connectivity index (χ1) is 14.4. The van der Waals surface area contributed by atoms with Gasteiger partial charge in [-0.1, -0.05) is 13.0 Å². The van der Waals surface area contributed by atoms with Gasteiger partial charge < -0.3 is 4.74 Å². The number of hydrogen-bond acceptors (Lipinski definition) is 3. The van der Waals surface area contributed by atoms with Crippen molar-refractivity contribution in [2.24, 2.45) is 17.3 Å². The summed E-state index contributed by atoms with van der Waals surface area (Å²) in [5, 5.41) is 4.56. The van der Waals surface area contributed by atoms with Crippen molar-refractivity contribution in [2.75, 3.05) is 7.11 Å². The standard InChI is InChI=1S/C26H32N2O2/c1-5-28-15-19(16(2)27-28)12-18-14-24-23-8-6-17-13-20(30-4)7-9-21(17)22(23)10-11-26(24,3)25(18)29/h7,9,12-13,15,22-24H,5-6,8,10-11,14H2,1-4H3/b18-12+/t22-,23+,24-,26-/m0/s1. The van der Waals surface area contributed by atoms with Crippen molar-refractivity contribution in [1.82, 2.24) is 9.78 Å². The van der Waals surface area contributed by atoms with Gasteiger partial charge >= 0.3 is 0 Å². The number of fused-ring (bicyclic) bond motifs is 5. The Labute approximate surface area is 179 Å². The zero-order valence-corrected chi connectivity index (χ0v) is 18.6. The van der Waals surface area contributed by atoms with Gasteiger partial charge in [-0.2, -0.15) is 5.10 Å². The van der Waals surface area contributed by atoms with Crippen LogP contribution < -0.4 is 4.74 Å². The summed E-state index contributed by atoms with van der Waals surface area (Å²) in [4.78, 5) is 13.5. The second-order valence-corrected chi connectivity index (χ2v) is 9.66. The van der Waals surface area contributed by atoms with Gasteiger partial charge in [0, 0.05) is 23.7 Å². The Morgan fingerprint density at radius 3 is 2.90 bits per heavy atom. The third kappa shape index (κ3) is 2.87. The topological polar surface area (TPSA) is 44.1 Å². The maximum atomic E-state index is 13.5. The van der Waals surface area contributed by atoms with E-state index in [0.717, 1.165) is 54.8 Å². The van der Waals surface area contributed by atoms with Crippen LogP contribution in [0.2, 0.25) is 0 Å². The van der Waals surface area contributed by atoms with E-state index >= 15 is 0 Å². The maximum absolute atomic E-state index is 13.5. The third-order valence-corrected chi connectivity index (χ3v) is 8.21. The molecule has 0 amide bonds. The Morgan fingerprint density at radius 1 is 1.33 bits per heavy atom. The van der Waals surface area contributed by atoms with Gasteiger partial charge in [0.25, 0.3) is 0 Å². The lowest BCUT2D eigenvalue weighted by Crippen LogP contribution is -2.42. The molecular weight excluding hydrogens is 372 g/mol. The van der Waals surface area contributed by atoms with Gasteiger partial charge in [0.2, 0.25) is 0 Å². The number of aromatic nitrogens is 2. The van der Waals surface area contributed by atoms with Crippen LogP contribution in [0.15, 0.2) is 30.0 Å². The summed E-state index contributed by atoms with van der Waals surface area (Å²) in [5.74, 6) is 2.97. The summed E-state index contributed by atoms with van der Waals surface area (Å²) >= 11 is 0. The first-order valence-electron chi connectivity index (χ1n) is 11.4. The van der Waals surface area contributed by atoms with Gasteiger partial charge in [-0.3, -0.25) is 9.48 Å². The van der Waals surface area contributed by atoms with Crippen LogP contribution in [0.4, 0.5) is 0 Å². The van der Waals surface area contributed by atoms with E-state index in [1.54, 1.807) is 7.11 Å². The van der Waals surface area contributed by atoms with Crippen molar-refractivity contribution < 1.29 is 9.53 Å². The number of hydrogen-bond donors (Lipinski definition) is 0. The monoisotopic (exact) mass is 404 g/mol. The second-order valence-electron chi connectivity index (χ2n) is 9.66. The first-order valence-corrected chi connectivity index (χ1v) is 11.4. The molecule has 0 radical (unpaired) electrons. The molecule has 0 N–H and O–H groups in total. The number of aryl methyl sites for hydroxylation is 3. The Bertz CT molecular complexity index is 1030. The van der Waals surface area contributed by atoms with E-state index in [4.69, 9.17) is 4.74 Å². The number of rotatable bonds is 3. The molecule has 2 saturated carbocycles. The maximum Gasteiger partial charge on any atom is 0.165 e. The van der Waals surface area contributed by atoms with Crippen molar-refractivity contribution in [3.63, 3.8) is 0 Å². The molecule has 3 aliphatic rings. The van der Waals surface area contributed by atoms with Crippen LogP contribution in [-0.4, -0.2) is 22.7 Å². The van der Waals surface area contributed by atoms with Gasteiger partial charge in [0.15, 0.2) is 5.78 Å². The molecule has 4 atom stereocenters. The highest BCUT2D eigenvalue weighted by atomic mass is 16.5. The highest BCUT2D eigenvalue weighted by Crippen LogP contribution is 2.60. The van der Waals surface area contributed by atoms with Crippen LogP contribution in [-0.2, 0) is 17.8 Å². The van der Waals surface area contributed by atoms with Crippen molar-refractivity contribution in [1.29, 1.82) is 0 Å². The summed E-state index contributed by atoms with van der Waals surface area (Å²) in [6.45, 7) is 7.22. The molecule has 0 bridgehead atoms. The molecule has 1 aromatic carbocycles. The number of ketones is 1. The van der Waals surface area contributed by atoms with Gasteiger partial charge in [0.1, 0.15) is 5.75 Å². The Hall–Kier alpha value is -2.36. The molecule has 158 valence electrons. The number of allylic oxidation sites excluding steroid dienone is 1. The second kappa shape index (κ2) is 7.11. The van der Waals surface area contributed by atoms with Crippen LogP contribution in [0, 0.1) is 24.2 Å². The number of nitrogens with zero attached hydrogens (tertiary/aromatic N) is 2. The molecular formula is C26H32N2O2. The molecule has 0 aliphatic heterocycles. The minimum absolute atomic E-state index is 0.203. The summed E-state index contributed by atoms with van der Waals surface area (Å²) in [5.41, 5.74) is 5.87. The van der Waals surface area contributed by atoms with Gasteiger partial charge in [-0.25, -0.2) is 0 Å². The van der Waals surface area contributed by atoms with Crippen molar-refractivity contribution in [3.05, 3.63) is 52.4 Å². The predicted octanol–water partition coefficient (Wildman–Crippen LogP) is 5.34. The largest absolute Gasteiger partial charge is 0.497 e. The predicted molar refractivity (Wildman–Crippen MR) is 119 cm³/mol. The molecule has 4 heteroatoms. The summed E-state index contributed by atoms with van der Waals surface area (Å²) in [6, 6.07) is 6.61. The first kappa shape index (κ1) is 19.6. The van der Waals surface area contributed by atoms with Crippen LogP contribution in [0.1, 0.15) is 67.8 Å². The van der Waals surface area contributed by atoms with E-state index < -0.39 is 0 Å². The molecule has 30 heavy (non-hydrogen) atoms. The fourth-order valence-corrected chi connectivity index (χ4v) is 6.51. The van der Waals surface area contributed by atoms with Crippen LogP contribution in [0.5, 0.6) is 5.75 Å². The van der Waals surface area contributed by atoms with E-state index in [2.05, 4.69) is 49.4 Å². The van der Waals surface area contributed by atoms with Crippen LogP contribution >= 0.6 is 0 Å². The minimum Gasteiger partial charge on any atom is -0.497 e. The van der Waals surface area contributed by atoms with E-state index in [0.29, 0.717) is 23.5 Å². The Balaban J connectivity index is 1.47. The van der Waals surface area contributed by atoms with Crippen molar-refractivity contribution in [3.8, 4) is 5.75 Å². The van der Waals surface area contributed by atoms with E-state index in [-0.39, 0.29) is 5.41 Å². The molecule has 0 unspecified atom stereocenters. The average molecular weight is 405 g/mol. The van der Waals surface area contributed by atoms with Gasteiger partial charge in [0.05, 0.1) is 12.8 Å². The quantitative estimate of drug-likeness (QED) is 0.649. The van der Waals surface area contributed by atoms with E-state index in [1.807, 2.05) is 11.6 Å². The fourth-order valence-electron chi connectivity index (χ4n) is 6.51. The summed E-state index contributed by atoms with van der Waals surface area (Å²) < 4.78 is 7.40. The van der Waals surface area contributed by atoms with Crippen LogP contribution in [0.3, 0.4) is 0 Å². The van der Waals surface area contributed by atoms with Crippen LogP contribution in [0.25, 0.3) is 6.08 Å². The number of methoxy groups -OCH3 is 1. The molecule has 1 aromatic heterocycles. The third-order valence-electron chi connectivity index (χ3n) is 8.21. The van der Waals surface area contributed by atoms with E-state index in [1.165, 1.54) is 17.5 Å². The molecule has 5 rings (SSSR count). The molecule has 1 heterocycles. The van der Waals surface area contributed by atoms with E-state index in [9.17, 15) is 4.79 Å². The summed E-state index contributed by atoms with van der Waals surface area (Å²) in [6.07, 6.45) is 9.51. The number of benzene rings is 1. The molecule has 0 spiro atoms. The number of Topliss-reactive ketones (excluding diaryl/α,β-unsaturated/α-hetero) is 1. The molecule has 4 nitrogen and oxygen atoms in total. The molecule has 3 aliphatic carbocycles. The minimum atomic E-state index is -0.203. The van der Waals surface area contributed by atoms with Gasteiger partial charge in [-0.15, -0.1) is 0 Å². The zero-order valence-electron chi connectivity index (χ0n) is 18.6. The smallest absolute Gasteiger partial charge is 0.165 e. The van der Waals surface area contributed by atoms with Gasteiger partial charge in [-0.05, 0) is 98.6 Å². The average Bonchev–Trinajstić information content (AvgIpc) is 3.24. The lowest BCUT2D eigenvalue weighted by Gasteiger charge is -2.48. The molecule has 0 saturated heterocycles. The lowest BCUT2D eigenvalue weighted by atomic mass is 9.55. The number of carbonyl (C=O) groups excluding carboxylic acids is 1. The normalized spacial score (nSPS) is 31.4. The summed E-state index contributed by atoms with van der Waals surface area (Å²) in [7, 11) is 1.74. The molecule has 2 fully saturated rings. The molecule has 2 aromatic rings. The highest BCUT2D eigenvalue weighted by molar-refractivity contribution is 6.06. The fraction of sp³-hybridized carbons (Fsp3) is 0.538. The zero-order chi connectivity index (χ0) is 21.0. The Morgan fingerprint density at radius 2 is 2.17 bits per heavy atom. The van der Waals surface area contributed by atoms with Crippen molar-refractivity contribution in [2.45, 2.75) is 65.3 Å². The van der Waals surface area contributed by atoms with Crippen molar-refractivity contribution >= 4 is 11.9 Å². The number of carbonyl (C=O) groups is 1.